The van der Waals surface area contributed by atoms with Crippen molar-refractivity contribution in [3.63, 3.8) is 0 Å². The van der Waals surface area contributed by atoms with E-state index in [0.717, 1.165) is 28.5 Å². The van der Waals surface area contributed by atoms with E-state index >= 15 is 0 Å². The number of hydrogen-bond donors (Lipinski definition) is 1. The van der Waals surface area contributed by atoms with Gasteiger partial charge in [0.2, 0.25) is 0 Å². The van der Waals surface area contributed by atoms with Crippen LogP contribution in [0.5, 0.6) is 5.75 Å². The van der Waals surface area contributed by atoms with Crippen molar-refractivity contribution < 1.29 is 17.9 Å². The Hall–Kier alpha value is -3.93. The van der Waals surface area contributed by atoms with Gasteiger partial charge in [-0.2, -0.15) is 0 Å². The Morgan fingerprint density at radius 3 is 2.66 bits per heavy atom. The number of aromatic amines is 1. The van der Waals surface area contributed by atoms with Crippen molar-refractivity contribution >= 4 is 11.0 Å². The van der Waals surface area contributed by atoms with Gasteiger partial charge in [-0.3, -0.25) is 0 Å². The maximum Gasteiger partial charge on any atom is 0.186 e. The van der Waals surface area contributed by atoms with Crippen molar-refractivity contribution in [3.8, 4) is 17.3 Å². The molecule has 2 aromatic heterocycles. The molecular weight excluding hydrogens is 410 g/mol. The largest absolute Gasteiger partial charge is 0.489 e. The van der Waals surface area contributed by atoms with E-state index in [1.807, 2.05) is 55.5 Å². The molecule has 160 valence electrons. The number of halogens is 2. The third kappa shape index (κ3) is 3.99. The Morgan fingerprint density at radius 1 is 0.969 bits per heavy atom. The Labute approximate surface area is 183 Å². The van der Waals surface area contributed by atoms with E-state index in [4.69, 9.17) is 9.15 Å². The van der Waals surface area contributed by atoms with E-state index in [0.29, 0.717) is 35.9 Å². The van der Waals surface area contributed by atoms with Crippen LogP contribution >= 0.6 is 0 Å². The highest BCUT2D eigenvalue weighted by Crippen LogP contribution is 2.28. The van der Waals surface area contributed by atoms with Crippen molar-refractivity contribution in [1.82, 2.24) is 9.97 Å². The Bertz CT molecular complexity index is 1390. The molecule has 0 aliphatic carbocycles. The van der Waals surface area contributed by atoms with Crippen LogP contribution in [0, 0.1) is 18.6 Å². The Morgan fingerprint density at radius 2 is 1.81 bits per heavy atom. The summed E-state index contributed by atoms with van der Waals surface area (Å²) in [6, 6.07) is 22.2. The molecular formula is C26H20F2N2O2. The molecule has 5 rings (SSSR count). The fraction of sp³-hybridized carbons (Fsp3) is 0.115. The smallest absolute Gasteiger partial charge is 0.186 e. The number of ether oxygens (including phenoxy) is 1. The van der Waals surface area contributed by atoms with Crippen LogP contribution in [0.25, 0.3) is 22.6 Å². The van der Waals surface area contributed by atoms with Crippen LogP contribution in [0.2, 0.25) is 0 Å². The van der Waals surface area contributed by atoms with Gasteiger partial charge >= 0.3 is 0 Å². The summed E-state index contributed by atoms with van der Waals surface area (Å²) in [6.07, 6.45) is 0.523. The normalized spacial score (nSPS) is 11.2. The zero-order chi connectivity index (χ0) is 22.1. The lowest BCUT2D eigenvalue weighted by atomic mass is 10.1. The van der Waals surface area contributed by atoms with Gasteiger partial charge in [-0.15, -0.1) is 0 Å². The standard InChI is InChI=1S/C26H20F2N2O2/c1-16-7-11-22(31-15-17-5-3-2-4-6-17)18(13-16)14-19-8-12-23(32-19)26-29-21-10-9-20(27)24(28)25(21)30-26/h2-13H,14-15H2,1H3,(H,29,30). The topological polar surface area (TPSA) is 51.0 Å². The Kier molecular flexibility index (Phi) is 5.19. The average Bonchev–Trinajstić information content (AvgIpc) is 3.44. The number of H-pyrrole nitrogens is 1. The maximum absolute atomic E-state index is 14.0. The van der Waals surface area contributed by atoms with Crippen molar-refractivity contribution in [2.75, 3.05) is 0 Å². The van der Waals surface area contributed by atoms with Crippen LogP contribution in [0.3, 0.4) is 0 Å². The van der Waals surface area contributed by atoms with E-state index in [1.165, 1.54) is 6.07 Å². The number of rotatable bonds is 6. The van der Waals surface area contributed by atoms with Gasteiger partial charge in [0.15, 0.2) is 23.2 Å². The first-order valence-electron chi connectivity index (χ1n) is 10.3. The first-order chi connectivity index (χ1) is 15.6. The summed E-state index contributed by atoms with van der Waals surface area (Å²) < 4.78 is 39.5. The molecule has 32 heavy (non-hydrogen) atoms. The zero-order valence-corrected chi connectivity index (χ0v) is 17.4. The number of benzene rings is 3. The monoisotopic (exact) mass is 430 g/mol. The van der Waals surface area contributed by atoms with Gasteiger partial charge in [0, 0.05) is 12.0 Å². The minimum absolute atomic E-state index is 0.0479. The number of fused-ring (bicyclic) bond motifs is 1. The van der Waals surface area contributed by atoms with Gasteiger partial charge in [0.25, 0.3) is 0 Å². The summed E-state index contributed by atoms with van der Waals surface area (Å²) in [6.45, 7) is 2.50. The number of furan rings is 1. The van der Waals surface area contributed by atoms with Crippen LogP contribution in [-0.4, -0.2) is 9.97 Å². The van der Waals surface area contributed by atoms with E-state index in [9.17, 15) is 8.78 Å². The molecule has 0 atom stereocenters. The van der Waals surface area contributed by atoms with E-state index < -0.39 is 11.6 Å². The first kappa shape index (κ1) is 20.0. The number of nitrogens with one attached hydrogen (secondary N) is 1. The fourth-order valence-corrected chi connectivity index (χ4v) is 3.64. The summed E-state index contributed by atoms with van der Waals surface area (Å²) in [5, 5.41) is 0. The van der Waals surface area contributed by atoms with Gasteiger partial charge < -0.3 is 14.1 Å². The van der Waals surface area contributed by atoms with Crippen molar-refractivity contribution in [1.29, 1.82) is 0 Å². The summed E-state index contributed by atoms with van der Waals surface area (Å²) in [5.74, 6) is 0.395. The van der Waals surface area contributed by atoms with Crippen molar-refractivity contribution in [2.24, 2.45) is 0 Å². The summed E-state index contributed by atoms with van der Waals surface area (Å²) in [4.78, 5) is 7.15. The molecule has 0 spiro atoms. The van der Waals surface area contributed by atoms with Gasteiger partial charge in [-0.25, -0.2) is 13.8 Å². The first-order valence-corrected chi connectivity index (χ1v) is 10.3. The molecule has 0 bridgehead atoms. The van der Waals surface area contributed by atoms with E-state index in [2.05, 4.69) is 16.0 Å². The Balaban J connectivity index is 1.39. The summed E-state index contributed by atoms with van der Waals surface area (Å²) in [5.41, 5.74) is 3.57. The molecule has 0 aliphatic rings. The van der Waals surface area contributed by atoms with Crippen LogP contribution in [0.1, 0.15) is 22.5 Å². The molecule has 6 heteroatoms. The zero-order valence-electron chi connectivity index (χ0n) is 17.4. The lowest BCUT2D eigenvalue weighted by molar-refractivity contribution is 0.303. The predicted octanol–water partition coefficient (Wildman–Crippen LogP) is 6.58. The summed E-state index contributed by atoms with van der Waals surface area (Å²) >= 11 is 0. The number of nitrogens with zero attached hydrogens (tertiary/aromatic N) is 1. The second kappa shape index (κ2) is 8.30. The van der Waals surface area contributed by atoms with Gasteiger partial charge in [-0.1, -0.05) is 48.0 Å². The number of aryl methyl sites for hydroxylation is 1. The van der Waals surface area contributed by atoms with Gasteiger partial charge in [-0.05, 0) is 42.8 Å². The number of aromatic nitrogens is 2. The van der Waals surface area contributed by atoms with Crippen LogP contribution in [0.4, 0.5) is 8.78 Å². The number of imidazole rings is 1. The lowest BCUT2D eigenvalue weighted by Crippen LogP contribution is -1.99. The molecule has 0 radical (unpaired) electrons. The predicted molar refractivity (Wildman–Crippen MR) is 118 cm³/mol. The van der Waals surface area contributed by atoms with Crippen LogP contribution in [-0.2, 0) is 13.0 Å². The van der Waals surface area contributed by atoms with Crippen LogP contribution in [0.15, 0.2) is 77.2 Å². The highest BCUT2D eigenvalue weighted by molar-refractivity contribution is 5.79. The molecule has 0 aliphatic heterocycles. The molecule has 0 saturated carbocycles. The number of hydrogen-bond acceptors (Lipinski definition) is 3. The molecule has 2 heterocycles. The second-order valence-corrected chi connectivity index (χ2v) is 7.67. The molecule has 1 N–H and O–H groups in total. The van der Waals surface area contributed by atoms with Crippen molar-refractivity contribution in [3.05, 3.63) is 107 Å². The fourth-order valence-electron chi connectivity index (χ4n) is 3.64. The second-order valence-electron chi connectivity index (χ2n) is 7.67. The minimum Gasteiger partial charge on any atom is -0.489 e. The maximum atomic E-state index is 14.0. The third-order valence-corrected chi connectivity index (χ3v) is 5.26. The average molecular weight is 430 g/mol. The molecule has 3 aromatic carbocycles. The lowest BCUT2D eigenvalue weighted by Gasteiger charge is -2.12. The quantitative estimate of drug-likeness (QED) is 0.331. The van der Waals surface area contributed by atoms with Crippen molar-refractivity contribution in [2.45, 2.75) is 20.0 Å². The van der Waals surface area contributed by atoms with Crippen LogP contribution < -0.4 is 4.74 Å². The van der Waals surface area contributed by atoms with E-state index in [-0.39, 0.29) is 5.52 Å². The summed E-state index contributed by atoms with van der Waals surface area (Å²) in [7, 11) is 0. The van der Waals surface area contributed by atoms with Gasteiger partial charge in [0.05, 0.1) is 5.52 Å². The molecule has 0 unspecified atom stereocenters. The molecule has 0 amide bonds. The highest BCUT2D eigenvalue weighted by Gasteiger charge is 2.16. The molecule has 5 aromatic rings. The molecule has 4 nitrogen and oxygen atoms in total. The molecule has 0 fully saturated rings. The minimum atomic E-state index is -0.975. The SMILES string of the molecule is Cc1ccc(OCc2ccccc2)c(Cc2ccc(-c3nc4c(F)c(F)ccc4[nH]3)o2)c1. The van der Waals surface area contributed by atoms with E-state index in [1.54, 1.807) is 6.07 Å². The molecule has 0 saturated heterocycles. The van der Waals surface area contributed by atoms with Gasteiger partial charge in [0.1, 0.15) is 23.6 Å². The highest BCUT2D eigenvalue weighted by atomic mass is 19.2. The third-order valence-electron chi connectivity index (χ3n) is 5.26.